The topological polar surface area (TPSA) is 50.9 Å². The second kappa shape index (κ2) is 15.6. The molecule has 0 saturated heterocycles. The van der Waals surface area contributed by atoms with E-state index in [1.54, 1.807) is 0 Å². The molecule has 0 spiro atoms. The van der Waals surface area contributed by atoms with Crippen molar-refractivity contribution >= 4 is 11.0 Å². The van der Waals surface area contributed by atoms with Gasteiger partial charge in [-0.1, -0.05) is 174 Å². The van der Waals surface area contributed by atoms with Gasteiger partial charge in [0.25, 0.3) is 0 Å². The first-order valence-electron chi connectivity index (χ1n) is 23.2. The number of phenols is 1. The number of imidazole rings is 1. The van der Waals surface area contributed by atoms with E-state index in [2.05, 4.69) is 178 Å². The lowest BCUT2D eigenvalue weighted by Gasteiger charge is -2.28. The Morgan fingerprint density at radius 2 is 1.10 bits per heavy atom. The summed E-state index contributed by atoms with van der Waals surface area (Å²) in [6, 6.07) is 43.5. The van der Waals surface area contributed by atoms with Crippen molar-refractivity contribution in [1.29, 1.82) is 0 Å². The number of phenolic OH excluding ortho intramolecular Hbond substituents is 1. The monoisotopic (exact) mass is 819 g/mol. The standard InChI is InChI=1S/C58H61N3O/c1-55(2,3)42-26-27-50(46(34-42)38-22-17-14-18-23-38)61-51-25-19-24-45(52(51)60-54(61)47-35-44(57(7,8)9)36-48(53(47)62)58(10,11)12)40-30-41(32-43(31-40)56(4,5)6)49-33-39(28-29-59-49)37-20-15-13-16-21-37/h13-36,62H,1-12H3/i28D,29D,33D. The van der Waals surface area contributed by atoms with Crippen molar-refractivity contribution in [2.45, 2.75) is 105 Å². The highest BCUT2D eigenvalue weighted by molar-refractivity contribution is 5.98. The summed E-state index contributed by atoms with van der Waals surface area (Å²) in [6.07, 6.45) is -0.179. The highest BCUT2D eigenvalue weighted by atomic mass is 16.3. The molecule has 0 saturated carbocycles. The van der Waals surface area contributed by atoms with Gasteiger partial charge < -0.3 is 5.11 Å². The van der Waals surface area contributed by atoms with Crippen LogP contribution in [-0.4, -0.2) is 19.6 Å². The fourth-order valence-electron chi connectivity index (χ4n) is 8.17. The summed E-state index contributed by atoms with van der Waals surface area (Å²) in [6.45, 7) is 26.2. The Labute approximate surface area is 373 Å². The van der Waals surface area contributed by atoms with Crippen LogP contribution in [0.3, 0.4) is 0 Å². The van der Waals surface area contributed by atoms with Crippen molar-refractivity contribution in [1.82, 2.24) is 14.5 Å². The molecular formula is C58H61N3O. The number of fused-ring (bicyclic) bond motifs is 1. The zero-order valence-corrected chi connectivity index (χ0v) is 38.4. The van der Waals surface area contributed by atoms with E-state index in [4.69, 9.17) is 7.73 Å². The Hall–Kier alpha value is -6.26. The normalized spacial score (nSPS) is 13.3. The van der Waals surface area contributed by atoms with Crippen LogP contribution in [0.25, 0.3) is 72.7 Å². The zero-order chi connectivity index (χ0) is 47.0. The van der Waals surface area contributed by atoms with E-state index in [9.17, 15) is 6.48 Å². The van der Waals surface area contributed by atoms with Gasteiger partial charge in [-0.2, -0.15) is 0 Å². The van der Waals surface area contributed by atoms with E-state index in [0.717, 1.165) is 55.7 Å². The summed E-state index contributed by atoms with van der Waals surface area (Å²) in [5.41, 5.74) is 12.4. The Morgan fingerprint density at radius 3 is 1.73 bits per heavy atom. The molecule has 0 aliphatic heterocycles. The first kappa shape index (κ1) is 38.6. The van der Waals surface area contributed by atoms with E-state index in [0.29, 0.717) is 33.8 Å². The summed E-state index contributed by atoms with van der Waals surface area (Å²) in [5, 5.41) is 12.5. The molecule has 2 aromatic heterocycles. The number of nitrogens with zero attached hydrogens (tertiary/aromatic N) is 3. The quantitative estimate of drug-likeness (QED) is 0.182. The van der Waals surface area contributed by atoms with Gasteiger partial charge in [-0.25, -0.2) is 4.98 Å². The van der Waals surface area contributed by atoms with Gasteiger partial charge in [0.15, 0.2) is 0 Å². The van der Waals surface area contributed by atoms with Gasteiger partial charge in [0, 0.05) is 28.4 Å². The lowest BCUT2D eigenvalue weighted by Crippen LogP contribution is -2.17. The third-order valence-electron chi connectivity index (χ3n) is 11.9. The van der Waals surface area contributed by atoms with E-state index in [1.165, 1.54) is 5.56 Å². The van der Waals surface area contributed by atoms with Crippen LogP contribution >= 0.6 is 0 Å². The zero-order valence-electron chi connectivity index (χ0n) is 41.4. The molecule has 4 nitrogen and oxygen atoms in total. The van der Waals surface area contributed by atoms with Crippen LogP contribution in [0.15, 0.2) is 146 Å². The summed E-state index contributed by atoms with van der Waals surface area (Å²) < 4.78 is 29.4. The lowest BCUT2D eigenvalue weighted by molar-refractivity contribution is 0.446. The summed E-state index contributed by atoms with van der Waals surface area (Å²) in [5.74, 6) is 0.836. The smallest absolute Gasteiger partial charge is 0.149 e. The van der Waals surface area contributed by atoms with Gasteiger partial charge in [0.1, 0.15) is 11.6 Å². The highest BCUT2D eigenvalue weighted by Crippen LogP contribution is 2.46. The minimum Gasteiger partial charge on any atom is -0.507 e. The predicted molar refractivity (Wildman–Crippen MR) is 263 cm³/mol. The van der Waals surface area contributed by atoms with E-state index >= 15 is 0 Å². The number of benzene rings is 6. The molecular weight excluding hydrogens is 755 g/mol. The maximum Gasteiger partial charge on any atom is 0.149 e. The number of para-hydroxylation sites is 1. The third-order valence-corrected chi connectivity index (χ3v) is 11.9. The maximum atomic E-state index is 12.5. The van der Waals surface area contributed by atoms with E-state index in [1.807, 2.05) is 42.5 Å². The van der Waals surface area contributed by atoms with Gasteiger partial charge in [0.2, 0.25) is 0 Å². The van der Waals surface area contributed by atoms with Gasteiger partial charge in [-0.3, -0.25) is 9.55 Å². The Kier molecular flexibility index (Phi) is 9.71. The van der Waals surface area contributed by atoms with Crippen LogP contribution < -0.4 is 0 Å². The number of hydrogen-bond acceptors (Lipinski definition) is 3. The molecule has 0 fully saturated rings. The van der Waals surface area contributed by atoms with Gasteiger partial charge in [-0.15, -0.1) is 0 Å². The Balaban J connectivity index is 1.49. The first-order chi connectivity index (χ1) is 30.4. The van der Waals surface area contributed by atoms with Crippen LogP contribution in [0.4, 0.5) is 0 Å². The Morgan fingerprint density at radius 1 is 0.500 bits per heavy atom. The summed E-state index contributed by atoms with van der Waals surface area (Å²) in [4.78, 5) is 10.3. The van der Waals surface area contributed by atoms with Crippen LogP contribution in [0, 0.1) is 0 Å². The fraction of sp³-hybridized carbons (Fsp3) is 0.276. The largest absolute Gasteiger partial charge is 0.507 e. The first-order valence-corrected chi connectivity index (χ1v) is 21.7. The molecule has 0 radical (unpaired) electrons. The molecule has 8 rings (SSSR count). The number of aromatic hydroxyl groups is 1. The fourth-order valence-corrected chi connectivity index (χ4v) is 8.17. The number of rotatable bonds is 6. The van der Waals surface area contributed by atoms with Crippen molar-refractivity contribution in [2.75, 3.05) is 0 Å². The molecule has 62 heavy (non-hydrogen) atoms. The van der Waals surface area contributed by atoms with Crippen LogP contribution in [-0.2, 0) is 21.7 Å². The number of aromatic nitrogens is 3. The number of hydrogen-bond donors (Lipinski definition) is 1. The molecule has 0 aliphatic rings. The second-order valence-corrected chi connectivity index (χ2v) is 20.8. The summed E-state index contributed by atoms with van der Waals surface area (Å²) in [7, 11) is 0. The molecule has 314 valence electrons. The minimum atomic E-state index is -0.363. The molecule has 2 heterocycles. The van der Waals surface area contributed by atoms with Crippen LogP contribution in [0.1, 0.15) is 109 Å². The average Bonchev–Trinajstić information content (AvgIpc) is 3.63. The van der Waals surface area contributed by atoms with Crippen molar-refractivity contribution in [3.63, 3.8) is 0 Å². The van der Waals surface area contributed by atoms with Crippen molar-refractivity contribution in [2.24, 2.45) is 0 Å². The molecule has 4 heteroatoms. The van der Waals surface area contributed by atoms with Crippen LogP contribution in [0.2, 0.25) is 0 Å². The van der Waals surface area contributed by atoms with Crippen LogP contribution in [0.5, 0.6) is 5.75 Å². The van der Waals surface area contributed by atoms with Crippen molar-refractivity contribution in [3.8, 4) is 67.5 Å². The summed E-state index contributed by atoms with van der Waals surface area (Å²) >= 11 is 0. The molecule has 0 unspecified atom stereocenters. The molecule has 6 aromatic carbocycles. The second-order valence-electron chi connectivity index (χ2n) is 20.8. The van der Waals surface area contributed by atoms with E-state index < -0.39 is 0 Å². The van der Waals surface area contributed by atoms with Crippen molar-refractivity contribution < 1.29 is 9.22 Å². The molecule has 0 bridgehead atoms. The van der Waals surface area contributed by atoms with Gasteiger partial charge in [0.05, 0.1) is 32.1 Å². The molecule has 0 aliphatic carbocycles. The average molecular weight is 819 g/mol. The third kappa shape index (κ3) is 8.23. The molecule has 0 amide bonds. The lowest BCUT2D eigenvalue weighted by atomic mass is 9.79. The highest BCUT2D eigenvalue weighted by Gasteiger charge is 2.30. The molecule has 1 N–H and O–H groups in total. The van der Waals surface area contributed by atoms with Gasteiger partial charge >= 0.3 is 0 Å². The number of pyridine rings is 1. The SMILES string of the molecule is [2H]c1nc(-c2cc(-c3cccc4c3nc(-c3cc(C(C)(C)C)cc(C(C)(C)C)c3O)n4-c3ccc(C(C)(C)C)cc3-c3ccccc3)cc(C(C)(C)C)c2)c([2H])c(-c2ccccc2)c1[2H]. The van der Waals surface area contributed by atoms with Gasteiger partial charge in [-0.05, 0) is 109 Å². The Bertz CT molecular complexity index is 3100. The van der Waals surface area contributed by atoms with E-state index in [-0.39, 0.29) is 45.7 Å². The maximum absolute atomic E-state index is 12.5. The molecule has 0 atom stereocenters. The predicted octanol–water partition coefficient (Wildman–Crippen LogP) is 15.7. The minimum absolute atomic E-state index is 0.0706. The van der Waals surface area contributed by atoms with Crippen molar-refractivity contribution in [3.05, 3.63) is 168 Å². The molecule has 8 aromatic rings.